The zero-order chi connectivity index (χ0) is 17.6. The minimum absolute atomic E-state index is 0.000537. The molecule has 25 heavy (non-hydrogen) atoms. The number of piperidine rings is 1. The van der Waals surface area contributed by atoms with E-state index in [-0.39, 0.29) is 27.6 Å². The first kappa shape index (κ1) is 16.4. The van der Waals surface area contributed by atoms with Crippen LogP contribution in [0.1, 0.15) is 17.9 Å². The maximum Gasteiger partial charge on any atom is 0.210 e. The van der Waals surface area contributed by atoms with Gasteiger partial charge in [-0.05, 0) is 37.2 Å². The van der Waals surface area contributed by atoms with Crippen molar-refractivity contribution in [3.8, 4) is 11.5 Å². The van der Waals surface area contributed by atoms with E-state index in [0.717, 1.165) is 31.1 Å². The molecule has 0 aromatic heterocycles. The molecule has 0 radical (unpaired) electrons. The summed E-state index contributed by atoms with van der Waals surface area (Å²) in [7, 11) is -2.49. The molecule has 4 rings (SSSR count). The van der Waals surface area contributed by atoms with Crippen LogP contribution in [-0.4, -0.2) is 34.7 Å². The Labute approximate surface area is 145 Å². The van der Waals surface area contributed by atoms with Gasteiger partial charge >= 0.3 is 0 Å². The lowest BCUT2D eigenvalue weighted by atomic mass is 9.90. The van der Waals surface area contributed by atoms with Crippen molar-refractivity contribution in [2.45, 2.75) is 28.2 Å². The molecule has 2 aliphatic rings. The van der Waals surface area contributed by atoms with E-state index in [9.17, 15) is 12.8 Å². The van der Waals surface area contributed by atoms with Crippen LogP contribution in [0.5, 0.6) is 11.5 Å². The highest BCUT2D eigenvalue weighted by molar-refractivity contribution is 7.91. The molecule has 0 saturated carbocycles. The van der Waals surface area contributed by atoms with Crippen molar-refractivity contribution in [3.05, 3.63) is 47.8 Å². The van der Waals surface area contributed by atoms with E-state index in [1.807, 2.05) is 0 Å². The molecule has 2 aromatic carbocycles. The fourth-order valence-corrected chi connectivity index (χ4v) is 5.02. The van der Waals surface area contributed by atoms with E-state index in [1.165, 1.54) is 25.3 Å². The van der Waals surface area contributed by atoms with Gasteiger partial charge in [-0.3, -0.25) is 0 Å². The summed E-state index contributed by atoms with van der Waals surface area (Å²) >= 11 is 0. The predicted octanol–water partition coefficient (Wildman–Crippen LogP) is 2.50. The number of rotatable bonds is 3. The van der Waals surface area contributed by atoms with Gasteiger partial charge in [0.05, 0.1) is 12.0 Å². The number of hydrogen-bond acceptors (Lipinski definition) is 5. The van der Waals surface area contributed by atoms with Crippen LogP contribution in [0.15, 0.2) is 46.2 Å². The van der Waals surface area contributed by atoms with Crippen molar-refractivity contribution in [2.24, 2.45) is 0 Å². The molecule has 0 spiro atoms. The first-order chi connectivity index (χ1) is 12.0. The van der Waals surface area contributed by atoms with E-state index in [2.05, 4.69) is 5.32 Å². The summed E-state index contributed by atoms with van der Waals surface area (Å²) in [6.07, 6.45) is 0.879. The first-order valence-electron chi connectivity index (χ1n) is 8.10. The number of fused-ring (bicyclic) bond motifs is 3. The number of ether oxygens (including phenoxy) is 2. The Hall–Kier alpha value is -2.12. The fourth-order valence-electron chi connectivity index (χ4n) is 3.55. The number of sulfone groups is 1. The molecule has 2 unspecified atom stereocenters. The van der Waals surface area contributed by atoms with Gasteiger partial charge < -0.3 is 14.8 Å². The third-order valence-corrected chi connectivity index (χ3v) is 6.57. The Morgan fingerprint density at radius 2 is 2.12 bits per heavy atom. The van der Waals surface area contributed by atoms with E-state index >= 15 is 0 Å². The van der Waals surface area contributed by atoms with Gasteiger partial charge in [0.1, 0.15) is 28.3 Å². The predicted molar refractivity (Wildman–Crippen MR) is 89.5 cm³/mol. The molecule has 0 bridgehead atoms. The number of benzene rings is 2. The summed E-state index contributed by atoms with van der Waals surface area (Å²) in [5, 5.41) is 3.28. The van der Waals surface area contributed by atoms with Crippen LogP contribution < -0.4 is 14.8 Å². The summed E-state index contributed by atoms with van der Waals surface area (Å²) < 4.78 is 50.8. The Morgan fingerprint density at radius 3 is 2.88 bits per heavy atom. The lowest BCUT2D eigenvalue weighted by Crippen LogP contribution is -2.39. The zero-order valence-corrected chi connectivity index (χ0v) is 14.5. The van der Waals surface area contributed by atoms with Gasteiger partial charge in [-0.2, -0.15) is 0 Å². The van der Waals surface area contributed by atoms with Crippen LogP contribution in [0.3, 0.4) is 0 Å². The molecule has 1 fully saturated rings. The Bertz CT molecular complexity index is 929. The molecule has 2 atom stereocenters. The second-order valence-electron chi connectivity index (χ2n) is 6.26. The third-order valence-electron chi connectivity index (χ3n) is 4.80. The van der Waals surface area contributed by atoms with Crippen LogP contribution >= 0.6 is 0 Å². The maximum absolute atomic E-state index is 13.5. The van der Waals surface area contributed by atoms with Gasteiger partial charge in [0, 0.05) is 24.1 Å². The van der Waals surface area contributed by atoms with Gasteiger partial charge in [-0.1, -0.05) is 6.07 Å². The molecule has 0 amide bonds. The van der Waals surface area contributed by atoms with Crippen molar-refractivity contribution in [1.29, 1.82) is 0 Å². The molecule has 7 heteroatoms. The zero-order valence-electron chi connectivity index (χ0n) is 13.7. The van der Waals surface area contributed by atoms with Crippen LogP contribution in [0, 0.1) is 5.82 Å². The Morgan fingerprint density at radius 1 is 1.28 bits per heavy atom. The van der Waals surface area contributed by atoms with Crippen LogP contribution in [0.25, 0.3) is 0 Å². The summed E-state index contributed by atoms with van der Waals surface area (Å²) in [6, 6.07) is 8.26. The second-order valence-corrected chi connectivity index (χ2v) is 8.18. The average Bonchev–Trinajstić information content (AvgIpc) is 2.98. The summed E-state index contributed by atoms with van der Waals surface area (Å²) in [4.78, 5) is -0.0475. The minimum Gasteiger partial charge on any atom is -0.495 e. The van der Waals surface area contributed by atoms with Crippen LogP contribution in [0.4, 0.5) is 4.39 Å². The molecule has 2 aliphatic heterocycles. The van der Waals surface area contributed by atoms with E-state index in [4.69, 9.17) is 9.47 Å². The van der Waals surface area contributed by atoms with Gasteiger partial charge in [0.25, 0.3) is 0 Å². The lowest BCUT2D eigenvalue weighted by Gasteiger charge is -2.24. The highest BCUT2D eigenvalue weighted by atomic mass is 32.2. The summed E-state index contributed by atoms with van der Waals surface area (Å²) in [5.74, 6) is 0.426. The number of methoxy groups -OCH3 is 1. The van der Waals surface area contributed by atoms with Gasteiger partial charge in [0.15, 0.2) is 0 Å². The molecule has 2 heterocycles. The Kier molecular flexibility index (Phi) is 3.92. The standard InChI is InChI=1S/C18H18FNO4S/c1-23-16-9-15-14(13-5-6-20-10-17(13)24-15)8-18(16)25(21,22)12-4-2-3-11(19)7-12/h2-4,7-9,13,17,20H,5-6,10H2,1H3. The van der Waals surface area contributed by atoms with Gasteiger partial charge in [-0.25, -0.2) is 12.8 Å². The second kappa shape index (κ2) is 6.00. The van der Waals surface area contributed by atoms with E-state index in [1.54, 1.807) is 12.1 Å². The SMILES string of the molecule is COc1cc2c(cc1S(=O)(=O)c1cccc(F)c1)C1CCNCC1O2. The summed E-state index contributed by atoms with van der Waals surface area (Å²) in [6.45, 7) is 1.59. The Balaban J connectivity index is 1.85. The van der Waals surface area contributed by atoms with E-state index in [0.29, 0.717) is 5.75 Å². The fraction of sp³-hybridized carbons (Fsp3) is 0.333. The molecule has 1 saturated heterocycles. The number of halogens is 1. The monoisotopic (exact) mass is 363 g/mol. The number of hydrogen-bond donors (Lipinski definition) is 1. The van der Waals surface area contributed by atoms with Crippen molar-refractivity contribution in [1.82, 2.24) is 5.32 Å². The molecule has 132 valence electrons. The molecule has 0 aliphatic carbocycles. The molecular formula is C18H18FNO4S. The van der Waals surface area contributed by atoms with Gasteiger partial charge in [0.2, 0.25) is 9.84 Å². The van der Waals surface area contributed by atoms with Crippen molar-refractivity contribution in [2.75, 3.05) is 20.2 Å². The average molecular weight is 363 g/mol. The molecule has 5 nitrogen and oxygen atoms in total. The smallest absolute Gasteiger partial charge is 0.210 e. The molecule has 1 N–H and O–H groups in total. The van der Waals surface area contributed by atoms with Gasteiger partial charge in [-0.15, -0.1) is 0 Å². The maximum atomic E-state index is 13.5. The van der Waals surface area contributed by atoms with Crippen LogP contribution in [-0.2, 0) is 9.84 Å². The highest BCUT2D eigenvalue weighted by Gasteiger charge is 2.38. The van der Waals surface area contributed by atoms with Crippen LogP contribution in [0.2, 0.25) is 0 Å². The quantitative estimate of drug-likeness (QED) is 0.908. The minimum atomic E-state index is -3.90. The van der Waals surface area contributed by atoms with Crippen molar-refractivity contribution in [3.63, 3.8) is 0 Å². The lowest BCUT2D eigenvalue weighted by molar-refractivity contribution is 0.176. The van der Waals surface area contributed by atoms with Crippen molar-refractivity contribution < 1.29 is 22.3 Å². The van der Waals surface area contributed by atoms with Crippen molar-refractivity contribution >= 4 is 9.84 Å². The normalized spacial score (nSPS) is 22.0. The largest absolute Gasteiger partial charge is 0.495 e. The van der Waals surface area contributed by atoms with E-state index < -0.39 is 15.7 Å². The topological polar surface area (TPSA) is 64.6 Å². The summed E-state index contributed by atoms with van der Waals surface area (Å²) in [5.41, 5.74) is 0.877. The molecule has 2 aromatic rings. The highest BCUT2D eigenvalue weighted by Crippen LogP contribution is 2.46. The number of nitrogens with one attached hydrogen (secondary N) is 1. The third kappa shape index (κ3) is 2.67. The molecular weight excluding hydrogens is 345 g/mol. The first-order valence-corrected chi connectivity index (χ1v) is 9.59.